The van der Waals surface area contributed by atoms with Crippen LogP contribution in [-0.4, -0.2) is 16.2 Å². The van der Waals surface area contributed by atoms with Gasteiger partial charge in [-0.25, -0.2) is 4.98 Å². The van der Waals surface area contributed by atoms with Crippen LogP contribution < -0.4 is 0 Å². The molecule has 0 saturated carbocycles. The second-order valence-corrected chi connectivity index (χ2v) is 3.68. The smallest absolute Gasteiger partial charge is 0.260 e. The van der Waals surface area contributed by atoms with E-state index in [1.165, 1.54) is 0 Å². The second kappa shape index (κ2) is 2.41. The fourth-order valence-electron chi connectivity index (χ4n) is 2.07. The number of imidazole rings is 1. The summed E-state index contributed by atoms with van der Waals surface area (Å²) in [6.07, 6.45) is 1.63. The summed E-state index contributed by atoms with van der Waals surface area (Å²) in [5, 5.41) is 0. The van der Waals surface area contributed by atoms with Gasteiger partial charge in [-0.1, -0.05) is 12.1 Å². The van der Waals surface area contributed by atoms with Crippen LogP contribution >= 0.6 is 0 Å². The lowest BCUT2D eigenvalue weighted by Crippen LogP contribution is -2.08. The summed E-state index contributed by atoms with van der Waals surface area (Å²) in [5.41, 5.74) is 2.08. The molecule has 74 valence electrons. The first-order valence-electron chi connectivity index (χ1n) is 4.88. The van der Waals surface area contributed by atoms with Crippen molar-refractivity contribution in [3.05, 3.63) is 35.8 Å². The van der Waals surface area contributed by atoms with E-state index in [1.807, 2.05) is 35.0 Å². The van der Waals surface area contributed by atoms with Crippen LogP contribution in [0, 0.1) is 0 Å². The van der Waals surface area contributed by atoms with E-state index >= 15 is 0 Å². The maximum atomic E-state index is 5.51. The van der Waals surface area contributed by atoms with Crippen molar-refractivity contribution in [1.29, 1.82) is 0 Å². The van der Waals surface area contributed by atoms with Crippen LogP contribution in [0.2, 0.25) is 0 Å². The van der Waals surface area contributed by atoms with Crippen molar-refractivity contribution < 1.29 is 9.47 Å². The summed E-state index contributed by atoms with van der Waals surface area (Å²) in [6, 6.07) is 8.03. The lowest BCUT2D eigenvalue weighted by Gasteiger charge is -2.14. The molecular weight excluding hydrogens is 192 g/mol. The summed E-state index contributed by atoms with van der Waals surface area (Å²) in [7, 11) is 0. The summed E-state index contributed by atoms with van der Waals surface area (Å²) in [4.78, 5) is 4.50. The molecule has 3 heterocycles. The quantitative estimate of drug-likeness (QED) is 0.651. The van der Waals surface area contributed by atoms with E-state index in [4.69, 9.17) is 9.47 Å². The molecule has 4 nitrogen and oxygen atoms in total. The number of aromatic nitrogens is 2. The van der Waals surface area contributed by atoms with E-state index in [-0.39, 0.29) is 6.29 Å². The fraction of sp³-hybridized carbons (Fsp3) is 0.182. The molecule has 0 spiro atoms. The molecule has 1 aromatic heterocycles. The van der Waals surface area contributed by atoms with Gasteiger partial charge in [0.05, 0.1) is 17.2 Å². The molecule has 0 radical (unpaired) electrons. The lowest BCUT2D eigenvalue weighted by atomic mass is 10.3. The highest BCUT2D eigenvalue weighted by Gasteiger charge is 2.32. The molecule has 15 heavy (non-hydrogen) atoms. The molecule has 4 rings (SSSR count). The third-order valence-corrected chi connectivity index (χ3v) is 2.74. The maximum Gasteiger partial charge on any atom is 0.260 e. The lowest BCUT2D eigenvalue weighted by molar-refractivity contribution is -0.0436. The fourth-order valence-corrected chi connectivity index (χ4v) is 2.07. The monoisotopic (exact) mass is 200 g/mol. The minimum absolute atomic E-state index is 0.322. The molecule has 2 aliphatic heterocycles. The number of fused-ring (bicyclic) bond motifs is 6. The van der Waals surface area contributed by atoms with E-state index in [1.54, 1.807) is 0 Å². The Balaban J connectivity index is 2.12. The largest absolute Gasteiger partial charge is 0.458 e. The molecular formula is C11H8N2O2. The van der Waals surface area contributed by atoms with Crippen molar-refractivity contribution >= 4 is 17.2 Å². The van der Waals surface area contributed by atoms with E-state index in [0.29, 0.717) is 6.61 Å². The van der Waals surface area contributed by atoms with Crippen LogP contribution in [0.5, 0.6) is 0 Å². The molecule has 1 unspecified atom stereocenters. The minimum Gasteiger partial charge on any atom is -0.458 e. The predicted octanol–water partition coefficient (Wildman–Crippen LogP) is 1.89. The third-order valence-electron chi connectivity index (χ3n) is 2.74. The minimum atomic E-state index is -0.322. The molecule has 2 bridgehead atoms. The van der Waals surface area contributed by atoms with Crippen LogP contribution in [0.3, 0.4) is 0 Å². The van der Waals surface area contributed by atoms with Crippen molar-refractivity contribution in [2.24, 2.45) is 0 Å². The molecule has 1 aromatic carbocycles. The summed E-state index contributed by atoms with van der Waals surface area (Å²) < 4.78 is 13.0. The third kappa shape index (κ3) is 0.868. The summed E-state index contributed by atoms with van der Waals surface area (Å²) in [6.45, 7) is 0.544. The first-order chi connectivity index (χ1) is 7.42. The van der Waals surface area contributed by atoms with Crippen molar-refractivity contribution in [3.63, 3.8) is 0 Å². The average molecular weight is 200 g/mol. The van der Waals surface area contributed by atoms with E-state index < -0.39 is 0 Å². The zero-order valence-corrected chi connectivity index (χ0v) is 7.88. The number of rotatable bonds is 0. The number of benzene rings is 1. The number of nitrogens with zero attached hydrogens (tertiary/aromatic N) is 2. The van der Waals surface area contributed by atoms with E-state index in [0.717, 1.165) is 22.6 Å². The second-order valence-electron chi connectivity index (χ2n) is 3.68. The van der Waals surface area contributed by atoms with Crippen molar-refractivity contribution in [2.45, 2.75) is 6.29 Å². The van der Waals surface area contributed by atoms with Gasteiger partial charge in [0.2, 0.25) is 0 Å². The molecule has 0 amide bonds. The Morgan fingerprint density at radius 2 is 2.27 bits per heavy atom. The van der Waals surface area contributed by atoms with Crippen LogP contribution in [0.15, 0.2) is 30.0 Å². The Hall–Kier alpha value is -1.81. The first-order valence-corrected chi connectivity index (χ1v) is 4.88. The van der Waals surface area contributed by atoms with Gasteiger partial charge in [0.1, 0.15) is 12.4 Å². The standard InChI is InChI=1S/C11H8N2O2/c1-2-4-9-8(3-1)12-10-11-14-6-7(15-11)5-13(9)10/h1-5,11H,6H2. The molecule has 0 N–H and O–H groups in total. The van der Waals surface area contributed by atoms with Gasteiger partial charge in [-0.2, -0.15) is 0 Å². The van der Waals surface area contributed by atoms with E-state index in [9.17, 15) is 0 Å². The van der Waals surface area contributed by atoms with Gasteiger partial charge in [-0.05, 0) is 12.1 Å². The molecule has 0 aliphatic carbocycles. The van der Waals surface area contributed by atoms with Gasteiger partial charge < -0.3 is 9.47 Å². The van der Waals surface area contributed by atoms with Crippen molar-refractivity contribution in [2.75, 3.05) is 6.61 Å². The van der Waals surface area contributed by atoms with Crippen LogP contribution in [-0.2, 0) is 9.47 Å². The molecule has 2 aliphatic rings. The molecule has 1 fully saturated rings. The average Bonchev–Trinajstić information content (AvgIpc) is 2.83. The Kier molecular flexibility index (Phi) is 1.20. The van der Waals surface area contributed by atoms with Gasteiger partial charge in [0, 0.05) is 0 Å². The highest BCUT2D eigenvalue weighted by Crippen LogP contribution is 2.35. The van der Waals surface area contributed by atoms with Crippen molar-refractivity contribution in [3.8, 4) is 0 Å². The topological polar surface area (TPSA) is 36.3 Å². The first kappa shape index (κ1) is 7.48. The number of hydrogen-bond donors (Lipinski definition) is 0. The van der Waals surface area contributed by atoms with Gasteiger partial charge >= 0.3 is 0 Å². The summed E-state index contributed by atoms with van der Waals surface area (Å²) >= 11 is 0. The van der Waals surface area contributed by atoms with Gasteiger partial charge in [0.25, 0.3) is 6.29 Å². The maximum absolute atomic E-state index is 5.51. The van der Waals surface area contributed by atoms with Crippen LogP contribution in [0.25, 0.3) is 17.2 Å². The normalized spacial score (nSPS) is 22.4. The van der Waals surface area contributed by atoms with Gasteiger partial charge in [-0.15, -0.1) is 0 Å². The number of hydrogen-bond acceptors (Lipinski definition) is 3. The SMILES string of the molecule is C1=C2COC(O2)c2nc3ccccc3n21. The highest BCUT2D eigenvalue weighted by molar-refractivity contribution is 5.78. The van der Waals surface area contributed by atoms with Crippen molar-refractivity contribution in [1.82, 2.24) is 9.55 Å². The Labute approximate surface area is 85.7 Å². The molecule has 1 saturated heterocycles. The van der Waals surface area contributed by atoms with E-state index in [2.05, 4.69) is 4.98 Å². The Morgan fingerprint density at radius 3 is 3.27 bits per heavy atom. The van der Waals surface area contributed by atoms with Crippen LogP contribution in [0.4, 0.5) is 0 Å². The predicted molar refractivity (Wildman–Crippen MR) is 53.8 cm³/mol. The zero-order chi connectivity index (χ0) is 9.83. The molecule has 2 aromatic rings. The Bertz CT molecular complexity index is 585. The summed E-state index contributed by atoms with van der Waals surface area (Å²) in [5.74, 6) is 1.70. The molecule has 4 heteroatoms. The number of para-hydroxylation sites is 2. The Morgan fingerprint density at radius 1 is 1.33 bits per heavy atom. The highest BCUT2D eigenvalue weighted by atomic mass is 16.7. The van der Waals surface area contributed by atoms with Gasteiger partial charge in [0.15, 0.2) is 5.82 Å². The molecule has 1 atom stereocenters. The van der Waals surface area contributed by atoms with Gasteiger partial charge in [-0.3, -0.25) is 4.57 Å². The van der Waals surface area contributed by atoms with Crippen LogP contribution in [0.1, 0.15) is 12.1 Å². The zero-order valence-electron chi connectivity index (χ0n) is 7.88. The number of ether oxygens (including phenoxy) is 2.